The van der Waals surface area contributed by atoms with Crippen molar-refractivity contribution in [3.63, 3.8) is 0 Å². The van der Waals surface area contributed by atoms with Gasteiger partial charge in [0, 0.05) is 39.9 Å². The van der Waals surface area contributed by atoms with Crippen LogP contribution in [-0.2, 0) is 0 Å². The van der Waals surface area contributed by atoms with E-state index in [4.69, 9.17) is 19.4 Å². The number of furan rings is 1. The van der Waals surface area contributed by atoms with Crippen LogP contribution in [-0.4, -0.2) is 19.9 Å². The molecule has 0 aliphatic carbocycles. The standard InChI is InChI=1S/C42H26N4O/c1-2-11-28(12-3-1)40-44-41(46-42(45-40)37-17-8-16-36-35-15-6-7-18-38(35)47-39(36)37)34-24-32(23-33(25-34)31-14-9-21-43-26-31)30-20-19-27-10-4-5-13-29(27)22-30/h1-26H. The van der Waals surface area contributed by atoms with Crippen molar-refractivity contribution in [1.29, 1.82) is 0 Å². The van der Waals surface area contributed by atoms with E-state index in [0.29, 0.717) is 17.5 Å². The highest BCUT2D eigenvalue weighted by Gasteiger charge is 2.18. The van der Waals surface area contributed by atoms with E-state index < -0.39 is 0 Å². The monoisotopic (exact) mass is 602 g/mol. The Morgan fingerprint density at radius 2 is 1.09 bits per heavy atom. The van der Waals surface area contributed by atoms with E-state index in [1.165, 1.54) is 10.8 Å². The Morgan fingerprint density at radius 1 is 0.404 bits per heavy atom. The van der Waals surface area contributed by atoms with Crippen molar-refractivity contribution in [3.05, 3.63) is 158 Å². The summed E-state index contributed by atoms with van der Waals surface area (Å²) in [5.74, 6) is 1.73. The van der Waals surface area contributed by atoms with Gasteiger partial charge in [-0.05, 0) is 69.9 Å². The Hall–Kier alpha value is -6.46. The van der Waals surface area contributed by atoms with Crippen molar-refractivity contribution in [2.75, 3.05) is 0 Å². The molecule has 0 aliphatic heterocycles. The maximum Gasteiger partial charge on any atom is 0.167 e. The number of para-hydroxylation sites is 2. The SMILES string of the molecule is c1ccc(-c2nc(-c3cc(-c4cccnc4)cc(-c4ccc5ccccc5c4)c3)nc(-c3cccc4c3oc3ccccc34)n2)cc1. The number of pyridine rings is 1. The topological polar surface area (TPSA) is 64.7 Å². The molecule has 9 aromatic rings. The second-order valence-electron chi connectivity index (χ2n) is 11.6. The molecule has 0 unspecified atom stereocenters. The van der Waals surface area contributed by atoms with Gasteiger partial charge < -0.3 is 4.42 Å². The Kier molecular flexibility index (Phi) is 6.39. The summed E-state index contributed by atoms with van der Waals surface area (Å²) in [7, 11) is 0. The van der Waals surface area contributed by atoms with Gasteiger partial charge in [-0.2, -0.15) is 0 Å². The Balaban J connectivity index is 1.29. The van der Waals surface area contributed by atoms with Gasteiger partial charge in [-0.15, -0.1) is 0 Å². The quantitative estimate of drug-likeness (QED) is 0.196. The van der Waals surface area contributed by atoms with Gasteiger partial charge in [0.25, 0.3) is 0 Å². The zero-order chi connectivity index (χ0) is 31.2. The zero-order valence-electron chi connectivity index (χ0n) is 25.2. The number of benzene rings is 6. The first-order valence-electron chi connectivity index (χ1n) is 15.5. The fraction of sp³-hybridized carbons (Fsp3) is 0. The molecule has 0 saturated heterocycles. The van der Waals surface area contributed by atoms with Crippen LogP contribution in [0.1, 0.15) is 0 Å². The molecule has 0 saturated carbocycles. The van der Waals surface area contributed by atoms with E-state index in [1.807, 2.05) is 72.9 Å². The molecular weight excluding hydrogens is 576 g/mol. The lowest BCUT2D eigenvalue weighted by atomic mass is 9.95. The average molecular weight is 603 g/mol. The molecule has 47 heavy (non-hydrogen) atoms. The third-order valence-corrected chi connectivity index (χ3v) is 8.58. The highest BCUT2D eigenvalue weighted by atomic mass is 16.3. The number of rotatable bonds is 5. The van der Waals surface area contributed by atoms with E-state index in [9.17, 15) is 0 Å². The summed E-state index contributed by atoms with van der Waals surface area (Å²) in [6.45, 7) is 0. The zero-order valence-corrected chi connectivity index (χ0v) is 25.2. The predicted molar refractivity (Wildman–Crippen MR) is 190 cm³/mol. The number of hydrogen-bond donors (Lipinski definition) is 0. The summed E-state index contributed by atoms with van der Waals surface area (Å²) in [5.41, 5.74) is 8.41. The Labute approximate surface area is 270 Å². The van der Waals surface area contributed by atoms with Gasteiger partial charge in [0.1, 0.15) is 11.2 Å². The first-order chi connectivity index (χ1) is 23.3. The van der Waals surface area contributed by atoms with Crippen LogP contribution in [0.25, 0.3) is 89.1 Å². The second kappa shape index (κ2) is 11.2. The fourth-order valence-corrected chi connectivity index (χ4v) is 6.26. The molecule has 3 aromatic heterocycles. The third-order valence-electron chi connectivity index (χ3n) is 8.58. The van der Waals surface area contributed by atoms with Crippen molar-refractivity contribution >= 4 is 32.7 Å². The molecule has 0 radical (unpaired) electrons. The van der Waals surface area contributed by atoms with E-state index in [-0.39, 0.29) is 0 Å². The van der Waals surface area contributed by atoms with Crippen molar-refractivity contribution in [2.45, 2.75) is 0 Å². The number of fused-ring (bicyclic) bond motifs is 4. The first kappa shape index (κ1) is 26.9. The lowest BCUT2D eigenvalue weighted by Gasteiger charge is -2.13. The van der Waals surface area contributed by atoms with Gasteiger partial charge >= 0.3 is 0 Å². The third kappa shape index (κ3) is 4.91. The van der Waals surface area contributed by atoms with Gasteiger partial charge in [0.2, 0.25) is 0 Å². The summed E-state index contributed by atoms with van der Waals surface area (Å²) in [4.78, 5) is 19.6. The molecular formula is C42H26N4O. The minimum Gasteiger partial charge on any atom is -0.455 e. The molecule has 0 fully saturated rings. The molecule has 9 rings (SSSR count). The summed E-state index contributed by atoms with van der Waals surface area (Å²) in [6.07, 6.45) is 3.68. The first-order valence-corrected chi connectivity index (χ1v) is 15.5. The van der Waals surface area contributed by atoms with Crippen LogP contribution in [0.4, 0.5) is 0 Å². The highest BCUT2D eigenvalue weighted by molar-refractivity contribution is 6.09. The van der Waals surface area contributed by atoms with Crippen molar-refractivity contribution in [2.24, 2.45) is 0 Å². The van der Waals surface area contributed by atoms with Gasteiger partial charge in [-0.25, -0.2) is 15.0 Å². The molecule has 5 nitrogen and oxygen atoms in total. The van der Waals surface area contributed by atoms with Gasteiger partial charge in [-0.3, -0.25) is 4.98 Å². The molecule has 6 aromatic carbocycles. The van der Waals surface area contributed by atoms with Crippen LogP contribution in [0.2, 0.25) is 0 Å². The molecule has 0 atom stereocenters. The van der Waals surface area contributed by atoms with Crippen LogP contribution in [0, 0.1) is 0 Å². The highest BCUT2D eigenvalue weighted by Crippen LogP contribution is 2.37. The second-order valence-corrected chi connectivity index (χ2v) is 11.6. The Morgan fingerprint density at radius 3 is 1.94 bits per heavy atom. The summed E-state index contributed by atoms with van der Waals surface area (Å²) in [5, 5.41) is 4.48. The minimum atomic E-state index is 0.553. The van der Waals surface area contributed by atoms with Gasteiger partial charge in [-0.1, -0.05) is 103 Å². The summed E-state index contributed by atoms with van der Waals surface area (Å²) in [6, 6.07) is 49.8. The smallest absolute Gasteiger partial charge is 0.167 e. The molecule has 0 spiro atoms. The maximum atomic E-state index is 6.41. The molecule has 0 N–H and O–H groups in total. The lowest BCUT2D eigenvalue weighted by molar-refractivity contribution is 0.669. The van der Waals surface area contributed by atoms with Crippen LogP contribution < -0.4 is 0 Å². The van der Waals surface area contributed by atoms with Crippen LogP contribution in [0.15, 0.2) is 162 Å². The number of aromatic nitrogens is 4. The van der Waals surface area contributed by atoms with Gasteiger partial charge in [0.05, 0.1) is 5.56 Å². The van der Waals surface area contributed by atoms with Crippen molar-refractivity contribution < 1.29 is 4.42 Å². The molecule has 3 heterocycles. The van der Waals surface area contributed by atoms with E-state index >= 15 is 0 Å². The molecule has 0 amide bonds. The normalized spacial score (nSPS) is 11.4. The molecule has 5 heteroatoms. The lowest BCUT2D eigenvalue weighted by Crippen LogP contribution is -2.01. The predicted octanol–water partition coefficient (Wildman–Crippen LogP) is 10.7. The molecule has 0 bridgehead atoms. The van der Waals surface area contributed by atoms with E-state index in [0.717, 1.165) is 60.9 Å². The largest absolute Gasteiger partial charge is 0.455 e. The van der Waals surface area contributed by atoms with Crippen LogP contribution in [0.5, 0.6) is 0 Å². The minimum absolute atomic E-state index is 0.553. The van der Waals surface area contributed by atoms with Crippen molar-refractivity contribution in [3.8, 4) is 56.4 Å². The molecule has 220 valence electrons. The van der Waals surface area contributed by atoms with Gasteiger partial charge in [0.15, 0.2) is 17.5 Å². The summed E-state index contributed by atoms with van der Waals surface area (Å²) < 4.78 is 6.41. The van der Waals surface area contributed by atoms with E-state index in [1.54, 1.807) is 6.20 Å². The summed E-state index contributed by atoms with van der Waals surface area (Å²) >= 11 is 0. The molecule has 0 aliphatic rings. The Bertz CT molecular complexity index is 2580. The van der Waals surface area contributed by atoms with Crippen LogP contribution >= 0.6 is 0 Å². The number of nitrogens with zero attached hydrogens (tertiary/aromatic N) is 4. The van der Waals surface area contributed by atoms with Crippen LogP contribution in [0.3, 0.4) is 0 Å². The number of hydrogen-bond acceptors (Lipinski definition) is 5. The van der Waals surface area contributed by atoms with E-state index in [2.05, 4.69) is 83.8 Å². The fourth-order valence-electron chi connectivity index (χ4n) is 6.26. The average Bonchev–Trinajstić information content (AvgIpc) is 3.54. The maximum absolute atomic E-state index is 6.41. The van der Waals surface area contributed by atoms with Crippen molar-refractivity contribution in [1.82, 2.24) is 19.9 Å².